The number of hydrogen-bond donors (Lipinski definition) is 0. The van der Waals surface area contributed by atoms with E-state index in [1.54, 1.807) is 42.5 Å². The standard InChI is InChI=1S/C37H22ClN3O/c38-27-18-19-30-33(22-27)42-32-17-9-16-29(34(30)32)26-20-25-14-7-8-15-28(25)31(21-26)37-40-35(23-10-3-1-4-11-23)39-36(41-37)24-12-5-2-6-13-24/h1-22H/i1D,2D,3D,4D,5D,6D,10D,11D,12D,13D,16D,18D. The van der Waals surface area contributed by atoms with E-state index >= 15 is 0 Å². The maximum Gasteiger partial charge on any atom is 0.164 e. The fraction of sp³-hybridized carbons (Fsp3) is 0. The average molecular weight is 572 g/mol. The van der Waals surface area contributed by atoms with Gasteiger partial charge in [-0.15, -0.1) is 0 Å². The van der Waals surface area contributed by atoms with Crippen LogP contribution >= 0.6 is 11.6 Å². The van der Waals surface area contributed by atoms with Gasteiger partial charge in [0.05, 0.1) is 16.4 Å². The van der Waals surface area contributed by atoms with Gasteiger partial charge in [-0.2, -0.15) is 0 Å². The zero-order valence-corrected chi connectivity index (χ0v) is 22.2. The fourth-order valence-electron chi connectivity index (χ4n) is 4.99. The number of halogens is 1. The molecule has 0 spiro atoms. The molecule has 8 aromatic rings. The lowest BCUT2D eigenvalue weighted by molar-refractivity contribution is 0.669. The van der Waals surface area contributed by atoms with Crippen molar-refractivity contribution in [1.29, 1.82) is 0 Å². The molecule has 2 aromatic heterocycles. The Kier molecular flexibility index (Phi) is 3.57. The molecular formula is C37H22ClN3O. The van der Waals surface area contributed by atoms with Gasteiger partial charge in [-0.05, 0) is 52.2 Å². The monoisotopic (exact) mass is 571 g/mol. The molecule has 0 aliphatic heterocycles. The Morgan fingerprint density at radius 2 is 1.24 bits per heavy atom. The summed E-state index contributed by atoms with van der Waals surface area (Å²) in [5, 5.41) is 2.58. The molecule has 0 radical (unpaired) electrons. The van der Waals surface area contributed by atoms with Crippen LogP contribution in [0, 0.1) is 0 Å². The van der Waals surface area contributed by atoms with Crippen LogP contribution in [0.4, 0.5) is 0 Å². The minimum Gasteiger partial charge on any atom is -0.456 e. The zero-order chi connectivity index (χ0) is 38.5. The zero-order valence-electron chi connectivity index (χ0n) is 33.4. The summed E-state index contributed by atoms with van der Waals surface area (Å²) in [6.07, 6.45) is 0. The molecule has 42 heavy (non-hydrogen) atoms. The Balaban J connectivity index is 1.49. The second kappa shape index (κ2) is 9.95. The van der Waals surface area contributed by atoms with E-state index in [4.69, 9.17) is 32.5 Å². The quantitative estimate of drug-likeness (QED) is 0.211. The van der Waals surface area contributed by atoms with E-state index in [-0.39, 0.29) is 34.1 Å². The van der Waals surface area contributed by atoms with E-state index in [9.17, 15) is 0 Å². The third-order valence-electron chi connectivity index (χ3n) is 6.80. The molecule has 4 nitrogen and oxygen atoms in total. The van der Waals surface area contributed by atoms with E-state index in [1.165, 1.54) is 0 Å². The van der Waals surface area contributed by atoms with Crippen molar-refractivity contribution in [3.8, 4) is 45.3 Å². The van der Waals surface area contributed by atoms with E-state index in [0.29, 0.717) is 49.4 Å². The number of furan rings is 1. The molecule has 0 bridgehead atoms. The van der Waals surface area contributed by atoms with Gasteiger partial charge >= 0.3 is 0 Å². The van der Waals surface area contributed by atoms with Crippen molar-refractivity contribution < 1.29 is 20.9 Å². The highest BCUT2D eigenvalue weighted by Gasteiger charge is 2.18. The molecule has 0 aliphatic carbocycles. The van der Waals surface area contributed by atoms with Crippen LogP contribution in [0.1, 0.15) is 16.4 Å². The summed E-state index contributed by atoms with van der Waals surface area (Å²) in [6, 6.07) is 11.0. The highest BCUT2D eigenvalue weighted by atomic mass is 35.5. The van der Waals surface area contributed by atoms with E-state index in [1.807, 2.05) is 18.2 Å². The number of aromatic nitrogens is 3. The molecule has 198 valence electrons. The third-order valence-corrected chi connectivity index (χ3v) is 7.02. The number of rotatable bonds is 4. The topological polar surface area (TPSA) is 51.8 Å². The van der Waals surface area contributed by atoms with E-state index in [2.05, 4.69) is 15.0 Å². The van der Waals surface area contributed by atoms with Crippen molar-refractivity contribution in [1.82, 2.24) is 15.0 Å². The van der Waals surface area contributed by atoms with Gasteiger partial charge in [0.2, 0.25) is 0 Å². The SMILES string of the molecule is [2H]c1cc2c(cc1Cl)oc1ccc([2H])c(-c3cc(-c4nc(-c5c([2H])c([2H])c([2H])c([2H])c5[2H])nc(-c5c([2H])c([2H])c([2H])c([2H])c5[2H])n4)c4ccccc4c3)c12. The summed E-state index contributed by atoms with van der Waals surface area (Å²) >= 11 is 6.25. The van der Waals surface area contributed by atoms with Crippen molar-refractivity contribution in [2.75, 3.05) is 0 Å². The van der Waals surface area contributed by atoms with Gasteiger partial charge in [0, 0.05) is 38.6 Å². The van der Waals surface area contributed by atoms with Crippen molar-refractivity contribution in [3.05, 3.63) is 138 Å². The normalized spacial score (nSPS) is 15.5. The van der Waals surface area contributed by atoms with Crippen molar-refractivity contribution in [2.45, 2.75) is 0 Å². The molecule has 0 saturated carbocycles. The van der Waals surface area contributed by atoms with Crippen molar-refractivity contribution in [3.63, 3.8) is 0 Å². The second-order valence-corrected chi connectivity index (χ2v) is 9.71. The van der Waals surface area contributed by atoms with Gasteiger partial charge in [-0.3, -0.25) is 0 Å². The van der Waals surface area contributed by atoms with Crippen LogP contribution in [0.25, 0.3) is 78.0 Å². The van der Waals surface area contributed by atoms with Crippen LogP contribution in [0.15, 0.2) is 138 Å². The van der Waals surface area contributed by atoms with E-state index < -0.39 is 72.1 Å². The first-order chi connectivity index (χ1) is 25.7. The Morgan fingerprint density at radius 1 is 0.548 bits per heavy atom. The highest BCUT2D eigenvalue weighted by Crippen LogP contribution is 2.40. The minimum atomic E-state index is -0.648. The van der Waals surface area contributed by atoms with Crippen LogP contribution in [-0.2, 0) is 0 Å². The molecule has 6 aromatic carbocycles. The average Bonchev–Trinajstić information content (AvgIpc) is 3.51. The Hall–Kier alpha value is -5.32. The predicted molar refractivity (Wildman–Crippen MR) is 171 cm³/mol. The molecule has 0 unspecified atom stereocenters. The first kappa shape index (κ1) is 15.1. The lowest BCUT2D eigenvalue weighted by Gasteiger charge is -2.13. The number of nitrogens with zero attached hydrogens (tertiary/aromatic N) is 3. The summed E-state index contributed by atoms with van der Waals surface area (Å²) in [4.78, 5) is 13.7. The van der Waals surface area contributed by atoms with Crippen LogP contribution < -0.4 is 0 Å². The third kappa shape index (κ3) is 4.21. The second-order valence-electron chi connectivity index (χ2n) is 9.30. The Morgan fingerprint density at radius 3 is 1.98 bits per heavy atom. The van der Waals surface area contributed by atoms with Crippen LogP contribution in [0.5, 0.6) is 0 Å². The minimum absolute atomic E-state index is 0.0675. The highest BCUT2D eigenvalue weighted by molar-refractivity contribution is 6.31. The summed E-state index contributed by atoms with van der Waals surface area (Å²) in [7, 11) is 0. The predicted octanol–water partition coefficient (Wildman–Crippen LogP) is 10.2. The summed E-state index contributed by atoms with van der Waals surface area (Å²) in [5.74, 6) is -0.892. The van der Waals surface area contributed by atoms with Crippen LogP contribution in [0.2, 0.25) is 5.02 Å². The lowest BCUT2D eigenvalue weighted by atomic mass is 9.94. The fourth-order valence-corrected chi connectivity index (χ4v) is 5.14. The summed E-state index contributed by atoms with van der Waals surface area (Å²) in [5.41, 5.74) is 1.39. The van der Waals surface area contributed by atoms with E-state index in [0.717, 1.165) is 0 Å². The number of fused-ring (bicyclic) bond motifs is 4. The van der Waals surface area contributed by atoms with Crippen LogP contribution in [0.3, 0.4) is 0 Å². The van der Waals surface area contributed by atoms with Crippen LogP contribution in [-0.4, -0.2) is 15.0 Å². The van der Waals surface area contributed by atoms with Gasteiger partial charge in [0.1, 0.15) is 11.2 Å². The Labute approximate surface area is 263 Å². The van der Waals surface area contributed by atoms with Gasteiger partial charge < -0.3 is 4.42 Å². The molecule has 2 heterocycles. The number of hydrogen-bond acceptors (Lipinski definition) is 4. The van der Waals surface area contributed by atoms with Gasteiger partial charge in [0.25, 0.3) is 0 Å². The molecule has 0 amide bonds. The summed E-state index contributed by atoms with van der Waals surface area (Å²) in [6.45, 7) is 0. The molecule has 0 aliphatic rings. The molecule has 0 fully saturated rings. The van der Waals surface area contributed by atoms with Gasteiger partial charge in [0.15, 0.2) is 17.5 Å². The molecule has 5 heteroatoms. The van der Waals surface area contributed by atoms with Crippen molar-refractivity contribution >= 4 is 44.3 Å². The molecule has 0 N–H and O–H groups in total. The molecule has 8 rings (SSSR count). The maximum absolute atomic E-state index is 9.04. The largest absolute Gasteiger partial charge is 0.456 e. The van der Waals surface area contributed by atoms with Crippen molar-refractivity contribution in [2.24, 2.45) is 0 Å². The van der Waals surface area contributed by atoms with Gasteiger partial charge in [-0.25, -0.2) is 15.0 Å². The Bertz CT molecular complexity index is 2810. The van der Waals surface area contributed by atoms with Gasteiger partial charge in [-0.1, -0.05) is 108 Å². The molecule has 0 atom stereocenters. The molecular weight excluding hydrogens is 538 g/mol. The smallest absolute Gasteiger partial charge is 0.164 e. The molecule has 0 saturated heterocycles. The lowest BCUT2D eigenvalue weighted by Crippen LogP contribution is -2.00. The first-order valence-electron chi connectivity index (χ1n) is 18.7. The maximum atomic E-state index is 9.04. The summed E-state index contributed by atoms with van der Waals surface area (Å²) < 4.78 is 108. The number of benzene rings is 6. The first-order valence-corrected chi connectivity index (χ1v) is 13.1.